The van der Waals surface area contributed by atoms with E-state index in [-0.39, 0.29) is 0 Å². The number of aromatic nitrogens is 4. The third-order valence-corrected chi connectivity index (χ3v) is 4.11. The molecule has 0 radical (unpaired) electrons. The molecule has 0 saturated heterocycles. The number of rotatable bonds is 2. The second kappa shape index (κ2) is 5.03. The highest BCUT2D eigenvalue weighted by molar-refractivity contribution is 5.95. The van der Waals surface area contributed by atoms with Crippen molar-refractivity contribution in [2.24, 2.45) is 0 Å². The molecule has 0 aliphatic rings. The molecular formula is C19H12N4O. The predicted octanol–water partition coefficient (Wildman–Crippen LogP) is 4.23. The van der Waals surface area contributed by atoms with Gasteiger partial charge < -0.3 is 4.42 Å². The Bertz CT molecular complexity index is 1150. The van der Waals surface area contributed by atoms with E-state index >= 15 is 0 Å². The van der Waals surface area contributed by atoms with Gasteiger partial charge in [0.05, 0.1) is 5.69 Å². The van der Waals surface area contributed by atoms with Crippen molar-refractivity contribution in [1.29, 1.82) is 0 Å². The lowest BCUT2D eigenvalue weighted by molar-refractivity contribution is 0.620. The van der Waals surface area contributed by atoms with Gasteiger partial charge in [-0.2, -0.15) is 0 Å². The summed E-state index contributed by atoms with van der Waals surface area (Å²) in [6.45, 7) is 0. The summed E-state index contributed by atoms with van der Waals surface area (Å²) in [5, 5.41) is 9.96. The Hall–Kier alpha value is -3.47. The smallest absolute Gasteiger partial charge is 0.227 e. The van der Waals surface area contributed by atoms with Crippen molar-refractivity contribution < 1.29 is 4.42 Å². The van der Waals surface area contributed by atoms with E-state index in [1.54, 1.807) is 12.7 Å². The van der Waals surface area contributed by atoms with Gasteiger partial charge in [0, 0.05) is 11.6 Å². The van der Waals surface area contributed by atoms with E-state index in [1.807, 2.05) is 47.0 Å². The number of hydrogen-bond donors (Lipinski definition) is 0. The molecule has 0 fully saturated rings. The molecule has 0 unspecified atom stereocenters. The lowest BCUT2D eigenvalue weighted by Crippen LogP contribution is -1.88. The van der Waals surface area contributed by atoms with Crippen LogP contribution in [0.3, 0.4) is 0 Å². The number of nitrogens with zero attached hydrogens (tertiary/aromatic N) is 4. The van der Waals surface area contributed by atoms with E-state index in [2.05, 4.69) is 33.4 Å². The molecule has 0 N–H and O–H groups in total. The Kier molecular flexibility index (Phi) is 2.72. The van der Waals surface area contributed by atoms with Gasteiger partial charge in [-0.15, -0.1) is 10.2 Å². The number of hydrogen-bond acceptors (Lipinski definition) is 4. The average molecular weight is 312 g/mol. The van der Waals surface area contributed by atoms with E-state index in [9.17, 15) is 0 Å². The van der Waals surface area contributed by atoms with Gasteiger partial charge in [0.1, 0.15) is 18.2 Å². The maximum atomic E-state index is 6.04. The molecule has 0 bridgehead atoms. The predicted molar refractivity (Wildman–Crippen MR) is 91.9 cm³/mol. The summed E-state index contributed by atoms with van der Waals surface area (Å²) in [5.41, 5.74) is 3.50. The second-order valence-corrected chi connectivity index (χ2v) is 5.57. The third-order valence-electron chi connectivity index (χ3n) is 4.11. The zero-order chi connectivity index (χ0) is 15.9. The lowest BCUT2D eigenvalue weighted by atomic mass is 10.0. The lowest BCUT2D eigenvalue weighted by Gasteiger charge is -2.02. The summed E-state index contributed by atoms with van der Waals surface area (Å²) < 4.78 is 7.87. The zero-order valence-corrected chi connectivity index (χ0v) is 12.6. The summed E-state index contributed by atoms with van der Waals surface area (Å²) in [5.74, 6) is 0.628. The van der Waals surface area contributed by atoms with Crippen molar-refractivity contribution >= 4 is 21.9 Å². The van der Waals surface area contributed by atoms with Crippen LogP contribution < -0.4 is 0 Å². The molecule has 0 amide bonds. The normalized spacial score (nSPS) is 11.3. The van der Waals surface area contributed by atoms with Crippen LogP contribution in [-0.2, 0) is 0 Å². The highest BCUT2D eigenvalue weighted by atomic mass is 16.3. The molecule has 2 heterocycles. The molecule has 0 saturated carbocycles. The fraction of sp³-hybridized carbons (Fsp3) is 0. The SMILES string of the molecule is c1ccc2c(-c3nc4ccc(-n5cnnc5)cc4o3)cccc2c1. The first kappa shape index (κ1) is 13.0. The standard InChI is InChI=1S/C19H12N4O/c1-2-6-15-13(4-1)5-3-7-16(15)19-22-17-9-8-14(10-18(17)24-19)23-11-20-21-12-23/h1-12H. The third kappa shape index (κ3) is 1.99. The number of fused-ring (bicyclic) bond motifs is 2. The van der Waals surface area contributed by atoms with Gasteiger partial charge in [-0.3, -0.25) is 4.57 Å². The molecule has 0 aliphatic carbocycles. The van der Waals surface area contributed by atoms with Crippen LogP contribution in [0.15, 0.2) is 77.7 Å². The van der Waals surface area contributed by atoms with Crippen LogP contribution in [-0.4, -0.2) is 19.7 Å². The van der Waals surface area contributed by atoms with E-state index in [4.69, 9.17) is 4.42 Å². The average Bonchev–Trinajstić information content (AvgIpc) is 3.30. The molecule has 5 heteroatoms. The Morgan fingerprint density at radius 3 is 2.58 bits per heavy atom. The minimum Gasteiger partial charge on any atom is -0.436 e. The highest BCUT2D eigenvalue weighted by Gasteiger charge is 2.12. The molecule has 114 valence electrons. The molecular weight excluding hydrogens is 300 g/mol. The van der Waals surface area contributed by atoms with Gasteiger partial charge >= 0.3 is 0 Å². The van der Waals surface area contributed by atoms with Gasteiger partial charge in [0.15, 0.2) is 5.58 Å². The fourth-order valence-corrected chi connectivity index (χ4v) is 2.94. The minimum absolute atomic E-state index is 0.628. The molecule has 5 rings (SSSR count). The van der Waals surface area contributed by atoms with Gasteiger partial charge in [0.25, 0.3) is 0 Å². The molecule has 0 spiro atoms. The molecule has 2 aromatic heterocycles. The Balaban J connectivity index is 1.70. The van der Waals surface area contributed by atoms with Gasteiger partial charge in [0.2, 0.25) is 5.89 Å². The molecule has 3 aromatic carbocycles. The van der Waals surface area contributed by atoms with Crippen molar-refractivity contribution in [3.8, 4) is 17.1 Å². The first-order valence-electron chi connectivity index (χ1n) is 7.62. The van der Waals surface area contributed by atoms with Crippen LogP contribution in [0.5, 0.6) is 0 Å². The first-order valence-corrected chi connectivity index (χ1v) is 7.62. The Morgan fingerprint density at radius 1 is 0.833 bits per heavy atom. The first-order chi connectivity index (χ1) is 11.9. The van der Waals surface area contributed by atoms with Crippen molar-refractivity contribution in [2.45, 2.75) is 0 Å². The van der Waals surface area contributed by atoms with Crippen LogP contribution in [0, 0.1) is 0 Å². The molecule has 24 heavy (non-hydrogen) atoms. The van der Waals surface area contributed by atoms with Crippen LogP contribution in [0.2, 0.25) is 0 Å². The molecule has 5 nitrogen and oxygen atoms in total. The molecule has 0 aliphatic heterocycles. The zero-order valence-electron chi connectivity index (χ0n) is 12.6. The fourth-order valence-electron chi connectivity index (χ4n) is 2.94. The minimum atomic E-state index is 0.628. The van der Waals surface area contributed by atoms with Crippen molar-refractivity contribution in [2.75, 3.05) is 0 Å². The maximum absolute atomic E-state index is 6.04. The van der Waals surface area contributed by atoms with Crippen LogP contribution in [0.25, 0.3) is 39.0 Å². The van der Waals surface area contributed by atoms with Crippen molar-refractivity contribution in [1.82, 2.24) is 19.7 Å². The summed E-state index contributed by atoms with van der Waals surface area (Å²) in [6, 6.07) is 20.2. The summed E-state index contributed by atoms with van der Waals surface area (Å²) in [6.07, 6.45) is 3.31. The second-order valence-electron chi connectivity index (χ2n) is 5.57. The molecule has 0 atom stereocenters. The largest absolute Gasteiger partial charge is 0.436 e. The molecule has 5 aromatic rings. The maximum Gasteiger partial charge on any atom is 0.227 e. The summed E-state index contributed by atoms with van der Waals surface area (Å²) in [7, 11) is 0. The summed E-state index contributed by atoms with van der Waals surface area (Å²) in [4.78, 5) is 4.65. The van der Waals surface area contributed by atoms with E-state index in [1.165, 1.54) is 5.39 Å². The van der Waals surface area contributed by atoms with Gasteiger partial charge in [-0.05, 0) is 29.0 Å². The topological polar surface area (TPSA) is 56.7 Å². The Morgan fingerprint density at radius 2 is 1.67 bits per heavy atom. The number of oxazole rings is 1. The van der Waals surface area contributed by atoms with Gasteiger partial charge in [-0.1, -0.05) is 36.4 Å². The monoisotopic (exact) mass is 312 g/mol. The van der Waals surface area contributed by atoms with Crippen LogP contribution in [0.4, 0.5) is 0 Å². The summed E-state index contributed by atoms with van der Waals surface area (Å²) >= 11 is 0. The number of benzene rings is 3. The quantitative estimate of drug-likeness (QED) is 0.489. The van der Waals surface area contributed by atoms with E-state index in [0.717, 1.165) is 27.7 Å². The van der Waals surface area contributed by atoms with Crippen molar-refractivity contribution in [3.63, 3.8) is 0 Å². The highest BCUT2D eigenvalue weighted by Crippen LogP contribution is 2.31. The van der Waals surface area contributed by atoms with E-state index in [0.29, 0.717) is 5.89 Å². The van der Waals surface area contributed by atoms with Gasteiger partial charge in [-0.25, -0.2) is 4.98 Å². The van der Waals surface area contributed by atoms with Crippen molar-refractivity contribution in [3.05, 3.63) is 73.3 Å². The van der Waals surface area contributed by atoms with Crippen LogP contribution >= 0.6 is 0 Å². The Labute approximate surface area is 137 Å². The van der Waals surface area contributed by atoms with Crippen LogP contribution in [0.1, 0.15) is 0 Å². The van der Waals surface area contributed by atoms with E-state index < -0.39 is 0 Å².